The minimum absolute atomic E-state index is 0.0864. The lowest BCUT2D eigenvalue weighted by Gasteiger charge is -2.13. The predicted molar refractivity (Wildman–Crippen MR) is 109 cm³/mol. The van der Waals surface area contributed by atoms with Crippen LogP contribution < -0.4 is 5.56 Å². The molecule has 2 aromatic carbocycles. The van der Waals surface area contributed by atoms with Gasteiger partial charge in [0.25, 0.3) is 5.56 Å². The Morgan fingerprint density at radius 3 is 2.67 bits per heavy atom. The lowest BCUT2D eigenvalue weighted by molar-refractivity contribution is 0.623. The van der Waals surface area contributed by atoms with Crippen LogP contribution in [0.3, 0.4) is 0 Å². The Bertz CT molecular complexity index is 1190. The van der Waals surface area contributed by atoms with E-state index in [2.05, 4.69) is 6.92 Å². The maximum Gasteiger partial charge on any atom is 0.262 e. The first-order valence-corrected chi connectivity index (χ1v) is 9.71. The molecule has 0 amide bonds. The van der Waals surface area contributed by atoms with Crippen molar-refractivity contribution in [2.45, 2.75) is 26.8 Å². The van der Waals surface area contributed by atoms with Crippen molar-refractivity contribution in [2.75, 3.05) is 0 Å². The minimum Gasteiger partial charge on any atom is -0.288 e. The normalized spacial score (nSPS) is 11.2. The molecule has 27 heavy (non-hydrogen) atoms. The molecule has 0 radical (unpaired) electrons. The van der Waals surface area contributed by atoms with Crippen molar-refractivity contribution in [3.8, 4) is 11.4 Å². The molecule has 0 fully saturated rings. The maximum atomic E-state index is 13.6. The monoisotopic (exact) mass is 378 g/mol. The van der Waals surface area contributed by atoms with Crippen molar-refractivity contribution < 1.29 is 4.39 Å². The summed E-state index contributed by atoms with van der Waals surface area (Å²) in [4.78, 5) is 20.0. The van der Waals surface area contributed by atoms with Crippen LogP contribution in [0.1, 0.15) is 22.9 Å². The highest BCUT2D eigenvalue weighted by atomic mass is 32.1. The molecule has 0 saturated carbocycles. The smallest absolute Gasteiger partial charge is 0.262 e. The van der Waals surface area contributed by atoms with Crippen LogP contribution in [0.2, 0.25) is 0 Å². The van der Waals surface area contributed by atoms with E-state index in [1.54, 1.807) is 22.0 Å². The molecule has 4 aromatic rings. The summed E-state index contributed by atoms with van der Waals surface area (Å²) in [7, 11) is 0. The fraction of sp³-hybridized carbons (Fsp3) is 0.182. The topological polar surface area (TPSA) is 34.9 Å². The van der Waals surface area contributed by atoms with E-state index < -0.39 is 0 Å². The summed E-state index contributed by atoms with van der Waals surface area (Å²) in [5.74, 6) is 0.306. The average molecular weight is 378 g/mol. The van der Waals surface area contributed by atoms with Crippen LogP contribution in [-0.2, 0) is 13.0 Å². The quantitative estimate of drug-likeness (QED) is 0.490. The highest BCUT2D eigenvalue weighted by molar-refractivity contribution is 7.18. The highest BCUT2D eigenvalue weighted by Crippen LogP contribution is 2.26. The first-order valence-electron chi connectivity index (χ1n) is 8.90. The second-order valence-corrected chi connectivity index (χ2v) is 7.73. The summed E-state index contributed by atoms with van der Waals surface area (Å²) >= 11 is 1.56. The summed E-state index contributed by atoms with van der Waals surface area (Å²) in [5, 5.41) is 0.629. The van der Waals surface area contributed by atoms with E-state index in [9.17, 15) is 9.18 Å². The van der Waals surface area contributed by atoms with Crippen molar-refractivity contribution in [3.63, 3.8) is 0 Å². The molecule has 0 N–H and O–H groups in total. The van der Waals surface area contributed by atoms with E-state index in [1.807, 2.05) is 43.3 Å². The van der Waals surface area contributed by atoms with Gasteiger partial charge >= 0.3 is 0 Å². The standard InChI is InChI=1S/C22H19FN2OS/c1-3-18-12-19-21(27-18)24-20(16-8-4-6-14(2)10-16)25(22(19)26)13-15-7-5-9-17(23)11-15/h4-12H,3,13H2,1-2H3. The molecule has 0 spiro atoms. The van der Waals surface area contributed by atoms with Crippen LogP contribution in [0, 0.1) is 12.7 Å². The minimum atomic E-state index is -0.310. The Kier molecular flexibility index (Phi) is 4.62. The van der Waals surface area contributed by atoms with Gasteiger partial charge in [0.2, 0.25) is 0 Å². The Morgan fingerprint density at radius 2 is 1.93 bits per heavy atom. The molecule has 2 aromatic heterocycles. The molecule has 0 aliphatic rings. The fourth-order valence-corrected chi connectivity index (χ4v) is 4.17. The zero-order valence-corrected chi connectivity index (χ0v) is 16.0. The van der Waals surface area contributed by atoms with E-state index in [0.717, 1.165) is 32.8 Å². The van der Waals surface area contributed by atoms with Crippen LogP contribution in [0.15, 0.2) is 59.4 Å². The molecule has 5 heteroatoms. The van der Waals surface area contributed by atoms with Crippen LogP contribution >= 0.6 is 11.3 Å². The molecular weight excluding hydrogens is 359 g/mol. The Morgan fingerprint density at radius 1 is 1.11 bits per heavy atom. The number of aromatic nitrogens is 2. The van der Waals surface area contributed by atoms with E-state index in [1.165, 1.54) is 12.1 Å². The molecule has 0 aliphatic heterocycles. The molecule has 2 heterocycles. The third-order valence-corrected chi connectivity index (χ3v) is 5.73. The Balaban J connectivity index is 1.97. The number of thiophene rings is 1. The van der Waals surface area contributed by atoms with Crippen LogP contribution in [0.25, 0.3) is 21.6 Å². The summed E-state index contributed by atoms with van der Waals surface area (Å²) in [6.07, 6.45) is 0.865. The van der Waals surface area contributed by atoms with Gasteiger partial charge in [0.15, 0.2) is 0 Å². The number of aryl methyl sites for hydroxylation is 2. The van der Waals surface area contributed by atoms with Gasteiger partial charge in [-0.25, -0.2) is 9.37 Å². The largest absolute Gasteiger partial charge is 0.288 e. The highest BCUT2D eigenvalue weighted by Gasteiger charge is 2.16. The van der Waals surface area contributed by atoms with Gasteiger partial charge in [0.05, 0.1) is 11.9 Å². The predicted octanol–water partition coefficient (Wildman–Crippen LogP) is 5.18. The molecule has 136 valence electrons. The van der Waals surface area contributed by atoms with Gasteiger partial charge in [0, 0.05) is 10.4 Å². The molecule has 0 saturated heterocycles. The number of hydrogen-bond donors (Lipinski definition) is 0. The Labute approximate surface area is 160 Å². The summed E-state index contributed by atoms with van der Waals surface area (Å²) in [5.41, 5.74) is 2.63. The third kappa shape index (κ3) is 3.43. The first-order chi connectivity index (χ1) is 13.0. The lowest BCUT2D eigenvalue weighted by Crippen LogP contribution is -2.23. The zero-order valence-electron chi connectivity index (χ0n) is 15.2. The molecule has 4 rings (SSSR count). The van der Waals surface area contributed by atoms with Gasteiger partial charge in [-0.2, -0.15) is 0 Å². The van der Waals surface area contributed by atoms with Gasteiger partial charge in [0.1, 0.15) is 16.5 Å². The van der Waals surface area contributed by atoms with Gasteiger partial charge in [-0.05, 0) is 43.2 Å². The van der Waals surface area contributed by atoms with E-state index in [0.29, 0.717) is 11.2 Å². The van der Waals surface area contributed by atoms with Crippen molar-refractivity contribution in [2.24, 2.45) is 0 Å². The van der Waals surface area contributed by atoms with Crippen molar-refractivity contribution in [1.29, 1.82) is 0 Å². The molecule has 0 bridgehead atoms. The summed E-state index contributed by atoms with van der Waals surface area (Å²) in [6, 6.07) is 16.2. The number of benzene rings is 2. The summed E-state index contributed by atoms with van der Waals surface area (Å²) in [6.45, 7) is 4.36. The number of nitrogens with zero attached hydrogens (tertiary/aromatic N) is 2. The van der Waals surface area contributed by atoms with Gasteiger partial charge in [-0.1, -0.05) is 42.8 Å². The van der Waals surface area contributed by atoms with Gasteiger partial charge in [-0.15, -0.1) is 11.3 Å². The maximum absolute atomic E-state index is 13.6. The summed E-state index contributed by atoms with van der Waals surface area (Å²) < 4.78 is 15.3. The zero-order chi connectivity index (χ0) is 19.0. The van der Waals surface area contributed by atoms with Crippen LogP contribution in [0.4, 0.5) is 4.39 Å². The lowest BCUT2D eigenvalue weighted by atomic mass is 10.1. The number of hydrogen-bond acceptors (Lipinski definition) is 3. The SMILES string of the molecule is CCc1cc2c(=O)n(Cc3cccc(F)c3)c(-c3cccc(C)c3)nc2s1. The van der Waals surface area contributed by atoms with Crippen molar-refractivity contribution in [1.82, 2.24) is 9.55 Å². The molecular formula is C22H19FN2OS. The van der Waals surface area contributed by atoms with Crippen molar-refractivity contribution >= 4 is 21.6 Å². The number of fused-ring (bicyclic) bond motifs is 1. The van der Waals surface area contributed by atoms with E-state index in [-0.39, 0.29) is 17.9 Å². The first kappa shape index (κ1) is 17.6. The molecule has 3 nitrogen and oxygen atoms in total. The average Bonchev–Trinajstić information content (AvgIpc) is 3.07. The number of rotatable bonds is 4. The van der Waals surface area contributed by atoms with Gasteiger partial charge < -0.3 is 0 Å². The van der Waals surface area contributed by atoms with Crippen LogP contribution in [0.5, 0.6) is 0 Å². The molecule has 0 aliphatic carbocycles. The fourth-order valence-electron chi connectivity index (χ4n) is 3.21. The second-order valence-electron chi connectivity index (χ2n) is 6.61. The Hall–Kier alpha value is -2.79. The van der Waals surface area contributed by atoms with Crippen molar-refractivity contribution in [3.05, 3.63) is 86.8 Å². The van der Waals surface area contributed by atoms with Crippen LogP contribution in [-0.4, -0.2) is 9.55 Å². The molecule has 0 atom stereocenters. The van der Waals surface area contributed by atoms with Gasteiger partial charge in [-0.3, -0.25) is 9.36 Å². The number of halogens is 1. The van der Waals surface area contributed by atoms with E-state index in [4.69, 9.17) is 4.98 Å². The van der Waals surface area contributed by atoms with E-state index >= 15 is 0 Å². The second kappa shape index (κ2) is 7.08. The molecule has 0 unspecified atom stereocenters. The third-order valence-electron chi connectivity index (χ3n) is 4.56.